The molecule has 0 aromatic carbocycles. The molecule has 2 heterocycles. The molecule has 0 bridgehead atoms. The van der Waals surface area contributed by atoms with E-state index >= 15 is 0 Å². The zero-order valence-electron chi connectivity index (χ0n) is 13.3. The van der Waals surface area contributed by atoms with Crippen LogP contribution in [0.2, 0.25) is 5.02 Å². The Labute approximate surface area is 140 Å². The maximum Gasteiger partial charge on any atom is 0.320 e. The second-order valence-electron chi connectivity index (χ2n) is 5.45. The van der Waals surface area contributed by atoms with Crippen LogP contribution in [0.5, 0.6) is 5.88 Å². The largest absolute Gasteiger partial charge is 0.474 e. The van der Waals surface area contributed by atoms with Crippen molar-refractivity contribution in [2.75, 3.05) is 11.9 Å². The SMILES string of the molecule is CC[C@](C)(COc1ncccc1Cl)NC(=O)Nc1ccn(C)n1. The lowest BCUT2D eigenvalue weighted by Gasteiger charge is -2.29. The van der Waals surface area contributed by atoms with Gasteiger partial charge in [0.2, 0.25) is 5.88 Å². The molecule has 7 nitrogen and oxygen atoms in total. The van der Waals surface area contributed by atoms with E-state index in [9.17, 15) is 4.79 Å². The summed E-state index contributed by atoms with van der Waals surface area (Å²) in [5.74, 6) is 0.831. The fourth-order valence-corrected chi connectivity index (χ4v) is 2.01. The van der Waals surface area contributed by atoms with Gasteiger partial charge in [0.15, 0.2) is 5.82 Å². The first kappa shape index (κ1) is 17.1. The van der Waals surface area contributed by atoms with Gasteiger partial charge < -0.3 is 10.1 Å². The monoisotopic (exact) mass is 337 g/mol. The number of ether oxygens (including phenoxy) is 1. The van der Waals surface area contributed by atoms with E-state index in [-0.39, 0.29) is 12.6 Å². The van der Waals surface area contributed by atoms with Crippen molar-refractivity contribution in [2.24, 2.45) is 7.05 Å². The molecule has 0 aliphatic rings. The van der Waals surface area contributed by atoms with Gasteiger partial charge in [-0.25, -0.2) is 9.78 Å². The van der Waals surface area contributed by atoms with E-state index in [0.29, 0.717) is 23.1 Å². The van der Waals surface area contributed by atoms with E-state index in [2.05, 4.69) is 20.7 Å². The Morgan fingerprint density at radius 1 is 1.48 bits per heavy atom. The van der Waals surface area contributed by atoms with E-state index in [1.807, 2.05) is 13.8 Å². The third kappa shape index (κ3) is 4.85. The summed E-state index contributed by atoms with van der Waals surface area (Å²) in [6, 6.07) is 4.80. The minimum atomic E-state index is -0.570. The average molecular weight is 338 g/mol. The average Bonchev–Trinajstić information content (AvgIpc) is 2.91. The van der Waals surface area contributed by atoms with E-state index < -0.39 is 5.54 Å². The van der Waals surface area contributed by atoms with Crippen LogP contribution in [-0.2, 0) is 7.05 Å². The molecule has 124 valence electrons. The highest BCUT2D eigenvalue weighted by atomic mass is 35.5. The Morgan fingerprint density at radius 3 is 2.87 bits per heavy atom. The summed E-state index contributed by atoms with van der Waals surface area (Å²) >= 11 is 6.01. The van der Waals surface area contributed by atoms with Gasteiger partial charge in [-0.05, 0) is 25.5 Å². The predicted molar refractivity (Wildman–Crippen MR) is 88.8 cm³/mol. The molecular weight excluding hydrogens is 318 g/mol. The van der Waals surface area contributed by atoms with Crippen molar-refractivity contribution in [3.63, 3.8) is 0 Å². The first-order valence-electron chi connectivity index (χ1n) is 7.24. The van der Waals surface area contributed by atoms with Crippen LogP contribution >= 0.6 is 11.6 Å². The number of hydrogen-bond acceptors (Lipinski definition) is 4. The Hall–Kier alpha value is -2.28. The molecule has 2 aromatic heterocycles. The topological polar surface area (TPSA) is 81.1 Å². The first-order valence-corrected chi connectivity index (χ1v) is 7.62. The third-order valence-electron chi connectivity index (χ3n) is 3.40. The van der Waals surface area contributed by atoms with Gasteiger partial charge in [-0.2, -0.15) is 5.10 Å². The van der Waals surface area contributed by atoms with Crippen LogP contribution in [0.3, 0.4) is 0 Å². The number of pyridine rings is 1. The lowest BCUT2D eigenvalue weighted by molar-refractivity contribution is 0.183. The molecule has 2 N–H and O–H groups in total. The standard InChI is InChI=1S/C15H20ClN5O2/c1-4-15(2,10-23-13-11(16)6-5-8-17-13)19-14(22)18-12-7-9-21(3)20-12/h5-9H,4,10H2,1-3H3,(H2,18,19,20,22)/t15-/m1/s1. The minimum Gasteiger partial charge on any atom is -0.474 e. The summed E-state index contributed by atoms with van der Waals surface area (Å²) in [5.41, 5.74) is -0.570. The molecule has 0 fully saturated rings. The Morgan fingerprint density at radius 2 is 2.26 bits per heavy atom. The van der Waals surface area contributed by atoms with Crippen LogP contribution in [0.25, 0.3) is 0 Å². The molecule has 0 unspecified atom stereocenters. The highest BCUT2D eigenvalue weighted by molar-refractivity contribution is 6.31. The number of halogens is 1. The Kier molecular flexibility index (Phi) is 5.44. The van der Waals surface area contributed by atoms with E-state index in [1.165, 1.54) is 0 Å². The van der Waals surface area contributed by atoms with Gasteiger partial charge in [0.05, 0.1) is 5.54 Å². The zero-order chi connectivity index (χ0) is 16.9. The molecule has 2 aromatic rings. The molecule has 0 saturated carbocycles. The molecular formula is C15H20ClN5O2. The van der Waals surface area contributed by atoms with Crippen LogP contribution in [0.15, 0.2) is 30.6 Å². The fourth-order valence-electron chi connectivity index (χ4n) is 1.83. The summed E-state index contributed by atoms with van der Waals surface area (Å²) in [7, 11) is 1.78. The number of hydrogen-bond donors (Lipinski definition) is 2. The second kappa shape index (κ2) is 7.32. The van der Waals surface area contributed by atoms with E-state index in [1.54, 1.807) is 42.3 Å². The van der Waals surface area contributed by atoms with Crippen molar-refractivity contribution >= 4 is 23.4 Å². The Bertz CT molecular complexity index is 675. The maximum atomic E-state index is 12.1. The van der Waals surface area contributed by atoms with Crippen LogP contribution in [0.1, 0.15) is 20.3 Å². The molecule has 0 aliphatic heterocycles. The highest BCUT2D eigenvalue weighted by Crippen LogP contribution is 2.22. The minimum absolute atomic E-state index is 0.246. The van der Waals surface area contributed by atoms with Gasteiger partial charge in [-0.1, -0.05) is 18.5 Å². The third-order valence-corrected chi connectivity index (χ3v) is 3.69. The molecule has 1 atom stereocenters. The van der Waals surface area contributed by atoms with Crippen LogP contribution < -0.4 is 15.4 Å². The summed E-state index contributed by atoms with van der Waals surface area (Å²) in [6.45, 7) is 4.10. The number of nitrogens with zero attached hydrogens (tertiary/aromatic N) is 3. The van der Waals surface area contributed by atoms with Crippen LogP contribution in [-0.4, -0.2) is 32.9 Å². The van der Waals surface area contributed by atoms with Gasteiger partial charge >= 0.3 is 6.03 Å². The number of carbonyl (C=O) groups excluding carboxylic acids is 1. The van der Waals surface area contributed by atoms with Crippen molar-refractivity contribution in [1.29, 1.82) is 0 Å². The predicted octanol–water partition coefficient (Wildman–Crippen LogP) is 2.84. The van der Waals surface area contributed by atoms with Crippen molar-refractivity contribution in [1.82, 2.24) is 20.1 Å². The van der Waals surface area contributed by atoms with E-state index in [4.69, 9.17) is 16.3 Å². The number of rotatable bonds is 6. The summed E-state index contributed by atoms with van der Waals surface area (Å²) in [5, 5.41) is 10.1. The first-order chi connectivity index (χ1) is 10.9. The van der Waals surface area contributed by atoms with E-state index in [0.717, 1.165) is 0 Å². The summed E-state index contributed by atoms with van der Waals surface area (Å²) in [4.78, 5) is 16.2. The number of anilines is 1. The quantitative estimate of drug-likeness (QED) is 0.849. The van der Waals surface area contributed by atoms with Crippen molar-refractivity contribution in [2.45, 2.75) is 25.8 Å². The smallest absolute Gasteiger partial charge is 0.320 e. The molecule has 2 rings (SSSR count). The molecule has 23 heavy (non-hydrogen) atoms. The molecule has 0 saturated heterocycles. The lowest BCUT2D eigenvalue weighted by Crippen LogP contribution is -2.51. The van der Waals surface area contributed by atoms with Crippen LogP contribution in [0.4, 0.5) is 10.6 Å². The second-order valence-corrected chi connectivity index (χ2v) is 5.85. The summed E-state index contributed by atoms with van der Waals surface area (Å²) < 4.78 is 7.25. The summed E-state index contributed by atoms with van der Waals surface area (Å²) in [6.07, 6.45) is 4.03. The van der Waals surface area contributed by atoms with Crippen molar-refractivity contribution < 1.29 is 9.53 Å². The molecule has 0 radical (unpaired) electrons. The van der Waals surface area contributed by atoms with Gasteiger partial charge in [-0.15, -0.1) is 0 Å². The number of nitrogens with one attached hydrogen (secondary N) is 2. The highest BCUT2D eigenvalue weighted by Gasteiger charge is 2.26. The number of carbonyl (C=O) groups is 1. The normalized spacial score (nSPS) is 13.2. The van der Waals surface area contributed by atoms with Gasteiger partial charge in [-0.3, -0.25) is 10.00 Å². The number of urea groups is 1. The number of amides is 2. The molecule has 8 heteroatoms. The Balaban J connectivity index is 1.94. The number of aryl methyl sites for hydroxylation is 1. The number of aromatic nitrogens is 3. The van der Waals surface area contributed by atoms with Gasteiger partial charge in [0.1, 0.15) is 11.6 Å². The maximum absolute atomic E-state index is 12.1. The van der Waals surface area contributed by atoms with Gasteiger partial charge in [0.25, 0.3) is 0 Å². The zero-order valence-corrected chi connectivity index (χ0v) is 14.1. The van der Waals surface area contributed by atoms with Gasteiger partial charge in [0, 0.05) is 25.5 Å². The fraction of sp³-hybridized carbons (Fsp3) is 0.400. The molecule has 0 aliphatic carbocycles. The molecule has 2 amide bonds. The van der Waals surface area contributed by atoms with Crippen molar-refractivity contribution in [3.05, 3.63) is 35.6 Å². The van der Waals surface area contributed by atoms with Crippen LogP contribution in [0, 0.1) is 0 Å². The molecule has 0 spiro atoms. The van der Waals surface area contributed by atoms with Crippen molar-refractivity contribution in [3.8, 4) is 5.88 Å². The lowest BCUT2D eigenvalue weighted by atomic mass is 10.0.